The van der Waals surface area contributed by atoms with Crippen LogP contribution >= 0.6 is 0 Å². The fraction of sp³-hybridized carbons (Fsp3) is 0.120. The van der Waals surface area contributed by atoms with E-state index in [1.54, 1.807) is 60.7 Å². The largest absolute Gasteiger partial charge is 0.454 e. The van der Waals surface area contributed by atoms with Gasteiger partial charge in [-0.15, -0.1) is 0 Å². The summed E-state index contributed by atoms with van der Waals surface area (Å²) in [7, 11) is 0. The van der Waals surface area contributed by atoms with Crippen LogP contribution in [0, 0.1) is 5.82 Å². The van der Waals surface area contributed by atoms with E-state index in [1.165, 1.54) is 12.1 Å². The van der Waals surface area contributed by atoms with Crippen LogP contribution in [0.15, 0.2) is 78.9 Å². The molecule has 0 saturated carbocycles. The molecule has 0 saturated heterocycles. The number of amides is 1. The maximum Gasteiger partial charge on any atom is 0.422 e. The van der Waals surface area contributed by atoms with Gasteiger partial charge in [0, 0.05) is 23.4 Å². The van der Waals surface area contributed by atoms with Crippen molar-refractivity contribution in [2.75, 3.05) is 17.2 Å². The first-order valence-corrected chi connectivity index (χ1v) is 10.7. The molecule has 0 fully saturated rings. The van der Waals surface area contributed by atoms with Crippen molar-refractivity contribution >= 4 is 17.5 Å². The number of hydrogen-bond donors (Lipinski definition) is 2. The summed E-state index contributed by atoms with van der Waals surface area (Å²) in [6.45, 7) is -1.40. The van der Waals surface area contributed by atoms with Crippen molar-refractivity contribution in [3.63, 3.8) is 0 Å². The maximum absolute atomic E-state index is 13.1. The van der Waals surface area contributed by atoms with Crippen LogP contribution in [-0.4, -0.2) is 33.6 Å². The van der Waals surface area contributed by atoms with Crippen molar-refractivity contribution in [2.24, 2.45) is 0 Å². The monoisotopic (exact) mass is 497 g/mol. The summed E-state index contributed by atoms with van der Waals surface area (Å²) in [5.74, 6) is -0.727. The Morgan fingerprint density at radius 2 is 1.56 bits per heavy atom. The molecule has 2 N–H and O–H groups in total. The van der Waals surface area contributed by atoms with Crippen LogP contribution in [0.5, 0.6) is 6.01 Å². The number of nitrogens with one attached hydrogen (secondary N) is 2. The second-order valence-corrected chi connectivity index (χ2v) is 7.55. The minimum Gasteiger partial charge on any atom is -0.454 e. The highest BCUT2D eigenvalue weighted by molar-refractivity contribution is 6.04. The standard InChI is InChI=1S/C25H19F4N5O2/c26-19-12-6-16(7-13-19)14-30-23-32-21(33-24(34-23)36-15-25(27,28)29)17-8-10-18(11-9-17)22(35)31-20-4-2-1-3-5-20/h1-13H,14-15H2,(H,31,35)(H,30,32,33,34). The van der Waals surface area contributed by atoms with Crippen LogP contribution < -0.4 is 15.4 Å². The SMILES string of the molecule is O=C(Nc1ccccc1)c1ccc(-c2nc(NCc3ccc(F)cc3)nc(OCC(F)(F)F)n2)cc1. The fourth-order valence-electron chi connectivity index (χ4n) is 3.05. The number of halogens is 4. The summed E-state index contributed by atoms with van der Waals surface area (Å²) in [5, 5.41) is 5.64. The van der Waals surface area contributed by atoms with E-state index in [0.29, 0.717) is 22.4 Å². The van der Waals surface area contributed by atoms with E-state index >= 15 is 0 Å². The molecule has 36 heavy (non-hydrogen) atoms. The number of benzene rings is 3. The molecule has 0 bridgehead atoms. The lowest BCUT2D eigenvalue weighted by atomic mass is 10.1. The summed E-state index contributed by atoms with van der Waals surface area (Å²) in [6, 6.07) is 20.2. The number of aromatic nitrogens is 3. The van der Waals surface area contributed by atoms with Gasteiger partial charge in [0.05, 0.1) is 0 Å². The lowest BCUT2D eigenvalue weighted by Gasteiger charge is -2.11. The third-order valence-corrected chi connectivity index (χ3v) is 4.78. The molecule has 1 heterocycles. The summed E-state index contributed by atoms with van der Waals surface area (Å²) in [6.07, 6.45) is -4.58. The molecule has 4 aromatic rings. The zero-order valence-electron chi connectivity index (χ0n) is 18.6. The van der Waals surface area contributed by atoms with Gasteiger partial charge in [0.2, 0.25) is 5.95 Å². The predicted octanol–water partition coefficient (Wildman–Crippen LogP) is 5.48. The van der Waals surface area contributed by atoms with Gasteiger partial charge in [-0.3, -0.25) is 4.79 Å². The number of hydrogen-bond acceptors (Lipinski definition) is 6. The Morgan fingerprint density at radius 1 is 0.861 bits per heavy atom. The average molecular weight is 497 g/mol. The summed E-state index contributed by atoms with van der Waals surface area (Å²) >= 11 is 0. The van der Waals surface area contributed by atoms with Crippen molar-refractivity contribution in [3.8, 4) is 17.4 Å². The number of nitrogens with zero attached hydrogens (tertiary/aromatic N) is 3. The summed E-state index contributed by atoms with van der Waals surface area (Å²) in [5.41, 5.74) is 2.12. The maximum atomic E-state index is 13.1. The van der Waals surface area contributed by atoms with Gasteiger partial charge in [-0.05, 0) is 42.0 Å². The first-order valence-electron chi connectivity index (χ1n) is 10.7. The number of carbonyl (C=O) groups excluding carboxylic acids is 1. The molecule has 0 aliphatic carbocycles. The van der Waals surface area contributed by atoms with Gasteiger partial charge in [-0.1, -0.05) is 42.5 Å². The van der Waals surface area contributed by atoms with E-state index in [4.69, 9.17) is 4.74 Å². The molecular weight excluding hydrogens is 478 g/mol. The van der Waals surface area contributed by atoms with Crippen molar-refractivity contribution in [1.82, 2.24) is 15.0 Å². The highest BCUT2D eigenvalue weighted by Crippen LogP contribution is 2.22. The number of anilines is 2. The number of carbonyl (C=O) groups is 1. The molecule has 0 radical (unpaired) electrons. The quantitative estimate of drug-likeness (QED) is 0.313. The lowest BCUT2D eigenvalue weighted by molar-refractivity contribution is -0.154. The summed E-state index contributed by atoms with van der Waals surface area (Å²) < 4.78 is 55.8. The van der Waals surface area contributed by atoms with E-state index in [2.05, 4.69) is 25.6 Å². The Bertz CT molecular complexity index is 1320. The Kier molecular flexibility index (Phi) is 7.38. The molecule has 4 rings (SSSR count). The van der Waals surface area contributed by atoms with E-state index in [9.17, 15) is 22.4 Å². The van der Waals surface area contributed by atoms with Crippen molar-refractivity contribution < 1.29 is 27.1 Å². The Labute approximate surface area is 203 Å². The first-order chi connectivity index (χ1) is 17.2. The second kappa shape index (κ2) is 10.8. The van der Waals surface area contributed by atoms with Crippen LogP contribution in [-0.2, 0) is 6.54 Å². The van der Waals surface area contributed by atoms with E-state index in [-0.39, 0.29) is 24.2 Å². The van der Waals surface area contributed by atoms with E-state index in [1.807, 2.05) is 6.07 Å². The minimum absolute atomic E-state index is 0.0348. The van der Waals surface area contributed by atoms with Crippen LogP contribution in [0.2, 0.25) is 0 Å². The molecule has 7 nitrogen and oxygen atoms in total. The molecule has 0 atom stereocenters. The molecule has 1 aromatic heterocycles. The molecule has 184 valence electrons. The highest BCUT2D eigenvalue weighted by atomic mass is 19.4. The molecule has 0 spiro atoms. The molecule has 0 unspecified atom stereocenters. The smallest absolute Gasteiger partial charge is 0.422 e. The van der Waals surface area contributed by atoms with Crippen LogP contribution in [0.1, 0.15) is 15.9 Å². The van der Waals surface area contributed by atoms with Crippen LogP contribution in [0.3, 0.4) is 0 Å². The molecule has 3 aromatic carbocycles. The van der Waals surface area contributed by atoms with E-state index in [0.717, 1.165) is 0 Å². The first kappa shape index (κ1) is 24.6. The second-order valence-electron chi connectivity index (χ2n) is 7.55. The van der Waals surface area contributed by atoms with Gasteiger partial charge in [0.15, 0.2) is 12.4 Å². The predicted molar refractivity (Wildman–Crippen MR) is 125 cm³/mol. The normalized spacial score (nSPS) is 11.1. The van der Waals surface area contributed by atoms with Gasteiger partial charge in [0.1, 0.15) is 5.82 Å². The third kappa shape index (κ3) is 6.98. The van der Waals surface area contributed by atoms with Crippen molar-refractivity contribution in [3.05, 3.63) is 95.8 Å². The van der Waals surface area contributed by atoms with Crippen molar-refractivity contribution in [2.45, 2.75) is 12.7 Å². The lowest BCUT2D eigenvalue weighted by Crippen LogP contribution is -2.20. The number of para-hydroxylation sites is 1. The molecular formula is C25H19F4N5O2. The third-order valence-electron chi connectivity index (χ3n) is 4.78. The Hall–Kier alpha value is -4.54. The number of ether oxygens (including phenoxy) is 1. The molecule has 11 heteroatoms. The summed E-state index contributed by atoms with van der Waals surface area (Å²) in [4.78, 5) is 24.6. The zero-order valence-corrected chi connectivity index (χ0v) is 18.6. The van der Waals surface area contributed by atoms with Gasteiger partial charge < -0.3 is 15.4 Å². The van der Waals surface area contributed by atoms with E-state index < -0.39 is 24.6 Å². The Morgan fingerprint density at radius 3 is 2.22 bits per heavy atom. The molecule has 0 aliphatic rings. The van der Waals surface area contributed by atoms with Crippen molar-refractivity contribution in [1.29, 1.82) is 0 Å². The fourth-order valence-corrected chi connectivity index (χ4v) is 3.05. The number of alkyl halides is 3. The van der Waals surface area contributed by atoms with Crippen LogP contribution in [0.25, 0.3) is 11.4 Å². The Balaban J connectivity index is 1.54. The topological polar surface area (TPSA) is 89.0 Å². The average Bonchev–Trinajstić information content (AvgIpc) is 2.87. The molecule has 0 aliphatic heterocycles. The highest BCUT2D eigenvalue weighted by Gasteiger charge is 2.29. The molecule has 1 amide bonds. The van der Waals surface area contributed by atoms with Gasteiger partial charge in [0.25, 0.3) is 5.91 Å². The van der Waals surface area contributed by atoms with Gasteiger partial charge in [-0.25, -0.2) is 4.39 Å². The van der Waals surface area contributed by atoms with Gasteiger partial charge >= 0.3 is 12.2 Å². The zero-order chi connectivity index (χ0) is 25.5. The van der Waals surface area contributed by atoms with Gasteiger partial charge in [-0.2, -0.15) is 28.1 Å². The van der Waals surface area contributed by atoms with Crippen LogP contribution in [0.4, 0.5) is 29.2 Å². The number of rotatable bonds is 8. The minimum atomic E-state index is -4.58.